The molecule has 0 aromatic carbocycles. The van der Waals surface area contributed by atoms with E-state index in [1.165, 1.54) is 0 Å². The molecular weight excluding hydrogens is 252 g/mol. The number of hydrogen-bond acceptors (Lipinski definition) is 5. The standard InChI is InChI=1S/C15H18N4O/c1-2-6-16-13(3-1)4-7-17-15-9-14(18-11-19-15)12-5-8-20-10-12/h1-3,6,9,11-12H,4-5,7-8,10H2,(H,17,18,19). The van der Waals surface area contributed by atoms with Gasteiger partial charge in [0.1, 0.15) is 12.1 Å². The number of rotatable bonds is 5. The van der Waals surface area contributed by atoms with Crippen molar-refractivity contribution in [3.05, 3.63) is 48.2 Å². The maximum absolute atomic E-state index is 5.40. The van der Waals surface area contributed by atoms with E-state index in [0.717, 1.165) is 49.8 Å². The summed E-state index contributed by atoms with van der Waals surface area (Å²) in [6, 6.07) is 7.99. The van der Waals surface area contributed by atoms with Crippen LogP contribution >= 0.6 is 0 Å². The number of nitrogens with zero attached hydrogens (tertiary/aromatic N) is 3. The van der Waals surface area contributed by atoms with Gasteiger partial charge in [0, 0.05) is 43.4 Å². The van der Waals surface area contributed by atoms with E-state index in [-0.39, 0.29) is 0 Å². The molecule has 0 radical (unpaired) electrons. The molecule has 20 heavy (non-hydrogen) atoms. The van der Waals surface area contributed by atoms with Crippen LogP contribution in [0.15, 0.2) is 36.8 Å². The van der Waals surface area contributed by atoms with Gasteiger partial charge in [-0.05, 0) is 18.6 Å². The average Bonchev–Trinajstić information content (AvgIpc) is 3.03. The van der Waals surface area contributed by atoms with Gasteiger partial charge in [0.15, 0.2) is 0 Å². The van der Waals surface area contributed by atoms with Crippen molar-refractivity contribution in [2.45, 2.75) is 18.8 Å². The van der Waals surface area contributed by atoms with Gasteiger partial charge in [-0.25, -0.2) is 9.97 Å². The Morgan fingerprint density at radius 3 is 3.05 bits per heavy atom. The van der Waals surface area contributed by atoms with Crippen molar-refractivity contribution in [3.63, 3.8) is 0 Å². The predicted octanol–water partition coefficient (Wildman–Crippen LogP) is 2.03. The molecule has 0 spiro atoms. The highest BCUT2D eigenvalue weighted by Gasteiger charge is 2.19. The van der Waals surface area contributed by atoms with Crippen molar-refractivity contribution in [2.24, 2.45) is 0 Å². The molecule has 0 aliphatic carbocycles. The van der Waals surface area contributed by atoms with E-state index in [2.05, 4.69) is 20.3 Å². The summed E-state index contributed by atoms with van der Waals surface area (Å²) in [5, 5.41) is 3.33. The van der Waals surface area contributed by atoms with Crippen LogP contribution in [0.5, 0.6) is 0 Å². The van der Waals surface area contributed by atoms with Gasteiger partial charge in [-0.2, -0.15) is 0 Å². The van der Waals surface area contributed by atoms with E-state index in [4.69, 9.17) is 4.74 Å². The fraction of sp³-hybridized carbons (Fsp3) is 0.400. The van der Waals surface area contributed by atoms with Crippen molar-refractivity contribution in [2.75, 3.05) is 25.1 Å². The molecule has 1 aliphatic rings. The molecule has 0 saturated carbocycles. The summed E-state index contributed by atoms with van der Waals surface area (Å²) in [7, 11) is 0. The summed E-state index contributed by atoms with van der Waals surface area (Å²) in [5.74, 6) is 1.28. The topological polar surface area (TPSA) is 59.9 Å². The normalized spacial score (nSPS) is 18.1. The Labute approximate surface area is 118 Å². The number of ether oxygens (including phenoxy) is 1. The second-order valence-electron chi connectivity index (χ2n) is 4.89. The summed E-state index contributed by atoms with van der Waals surface area (Å²) in [6.07, 6.45) is 5.37. The van der Waals surface area contributed by atoms with Crippen molar-refractivity contribution in [1.29, 1.82) is 0 Å². The fourth-order valence-electron chi connectivity index (χ4n) is 2.32. The summed E-state index contributed by atoms with van der Waals surface area (Å²) in [5.41, 5.74) is 2.15. The molecule has 3 rings (SSSR count). The Morgan fingerprint density at radius 2 is 2.25 bits per heavy atom. The minimum atomic E-state index is 0.411. The van der Waals surface area contributed by atoms with Crippen molar-refractivity contribution in [3.8, 4) is 0 Å². The first-order chi connectivity index (χ1) is 9.92. The summed E-state index contributed by atoms with van der Waals surface area (Å²) in [6.45, 7) is 2.41. The smallest absolute Gasteiger partial charge is 0.129 e. The zero-order valence-electron chi connectivity index (χ0n) is 11.3. The molecule has 5 heteroatoms. The molecule has 2 aromatic heterocycles. The Kier molecular flexibility index (Phi) is 4.18. The molecule has 5 nitrogen and oxygen atoms in total. The molecule has 3 heterocycles. The van der Waals surface area contributed by atoms with Gasteiger partial charge in [-0.1, -0.05) is 6.07 Å². The Morgan fingerprint density at radius 1 is 1.25 bits per heavy atom. The second kappa shape index (κ2) is 6.43. The largest absolute Gasteiger partial charge is 0.381 e. The van der Waals surface area contributed by atoms with Crippen LogP contribution in [-0.2, 0) is 11.2 Å². The van der Waals surface area contributed by atoms with Crippen LogP contribution in [0.3, 0.4) is 0 Å². The first kappa shape index (κ1) is 13.0. The van der Waals surface area contributed by atoms with Crippen LogP contribution in [0.4, 0.5) is 5.82 Å². The van der Waals surface area contributed by atoms with Crippen LogP contribution in [0.1, 0.15) is 23.7 Å². The number of pyridine rings is 1. The van der Waals surface area contributed by atoms with E-state index in [9.17, 15) is 0 Å². The fourth-order valence-corrected chi connectivity index (χ4v) is 2.32. The maximum Gasteiger partial charge on any atom is 0.129 e. The molecule has 2 aromatic rings. The summed E-state index contributed by atoms with van der Waals surface area (Å²) < 4.78 is 5.40. The highest BCUT2D eigenvalue weighted by molar-refractivity contribution is 5.36. The van der Waals surface area contributed by atoms with Gasteiger partial charge in [0.25, 0.3) is 0 Å². The molecule has 0 amide bonds. The summed E-state index contributed by atoms with van der Waals surface area (Å²) >= 11 is 0. The van der Waals surface area contributed by atoms with E-state index >= 15 is 0 Å². The molecule has 1 fully saturated rings. The van der Waals surface area contributed by atoms with Crippen LogP contribution < -0.4 is 5.32 Å². The second-order valence-corrected chi connectivity index (χ2v) is 4.89. The molecule has 0 bridgehead atoms. The first-order valence-corrected chi connectivity index (χ1v) is 6.95. The molecule has 104 valence electrons. The van der Waals surface area contributed by atoms with Crippen molar-refractivity contribution < 1.29 is 4.74 Å². The van der Waals surface area contributed by atoms with E-state index in [1.54, 1.807) is 6.33 Å². The lowest BCUT2D eigenvalue weighted by atomic mass is 10.1. The molecule has 1 atom stereocenters. The Balaban J connectivity index is 1.56. The summed E-state index contributed by atoms with van der Waals surface area (Å²) in [4.78, 5) is 12.9. The lowest BCUT2D eigenvalue weighted by Crippen LogP contribution is -2.09. The number of anilines is 1. The molecule has 1 N–H and O–H groups in total. The third-order valence-electron chi connectivity index (χ3n) is 3.45. The first-order valence-electron chi connectivity index (χ1n) is 6.95. The molecule has 1 saturated heterocycles. The Bertz CT molecular complexity index is 541. The lowest BCUT2D eigenvalue weighted by molar-refractivity contribution is 0.193. The zero-order chi connectivity index (χ0) is 13.6. The van der Waals surface area contributed by atoms with Gasteiger partial charge in [0.05, 0.1) is 12.3 Å². The van der Waals surface area contributed by atoms with Crippen LogP contribution in [0.25, 0.3) is 0 Å². The maximum atomic E-state index is 5.40. The Hall–Kier alpha value is -2.01. The predicted molar refractivity (Wildman–Crippen MR) is 76.6 cm³/mol. The minimum absolute atomic E-state index is 0.411. The quantitative estimate of drug-likeness (QED) is 0.900. The highest BCUT2D eigenvalue weighted by Crippen LogP contribution is 2.24. The molecule has 1 unspecified atom stereocenters. The number of hydrogen-bond donors (Lipinski definition) is 1. The third-order valence-corrected chi connectivity index (χ3v) is 3.45. The zero-order valence-corrected chi connectivity index (χ0v) is 11.3. The van der Waals surface area contributed by atoms with Crippen molar-refractivity contribution in [1.82, 2.24) is 15.0 Å². The van der Waals surface area contributed by atoms with Crippen molar-refractivity contribution >= 4 is 5.82 Å². The van der Waals surface area contributed by atoms with Crippen LogP contribution in [0, 0.1) is 0 Å². The minimum Gasteiger partial charge on any atom is -0.381 e. The lowest BCUT2D eigenvalue weighted by Gasteiger charge is -2.09. The van der Waals surface area contributed by atoms with Gasteiger partial charge in [0.2, 0.25) is 0 Å². The molecule has 1 aliphatic heterocycles. The highest BCUT2D eigenvalue weighted by atomic mass is 16.5. The van der Waals surface area contributed by atoms with Gasteiger partial charge in [-0.15, -0.1) is 0 Å². The van der Waals surface area contributed by atoms with Crippen LogP contribution in [0.2, 0.25) is 0 Å². The van der Waals surface area contributed by atoms with Gasteiger partial charge < -0.3 is 10.1 Å². The van der Waals surface area contributed by atoms with Crippen LogP contribution in [-0.4, -0.2) is 34.7 Å². The SMILES string of the molecule is c1ccc(CCNc2cc(C3CCOC3)ncn2)nc1. The average molecular weight is 270 g/mol. The number of nitrogens with one attached hydrogen (secondary N) is 1. The monoisotopic (exact) mass is 270 g/mol. The third kappa shape index (κ3) is 3.30. The molecular formula is C15H18N4O. The van der Waals surface area contributed by atoms with E-state index < -0.39 is 0 Å². The van der Waals surface area contributed by atoms with Gasteiger partial charge >= 0.3 is 0 Å². The van der Waals surface area contributed by atoms with Gasteiger partial charge in [-0.3, -0.25) is 4.98 Å². The van der Waals surface area contributed by atoms with E-state index in [1.807, 2.05) is 30.5 Å². The number of aromatic nitrogens is 3. The van der Waals surface area contributed by atoms with E-state index in [0.29, 0.717) is 5.92 Å².